The molecule has 0 saturated heterocycles. The molecule has 0 atom stereocenters. The number of rotatable bonds is 3. The molecule has 5 nitrogen and oxygen atoms in total. The Labute approximate surface area is 99.3 Å². The maximum atomic E-state index is 11.8. The SMILES string of the molecule is Cc1cncc(C(=O)NCc2cn[nH]c2C)c1. The van der Waals surface area contributed by atoms with Crippen LogP contribution in [0.15, 0.2) is 24.7 Å². The molecule has 2 N–H and O–H groups in total. The second-order valence-electron chi connectivity index (χ2n) is 3.95. The Bertz CT molecular complexity index is 533. The topological polar surface area (TPSA) is 70.7 Å². The Morgan fingerprint density at radius 2 is 2.18 bits per heavy atom. The van der Waals surface area contributed by atoms with Gasteiger partial charge in [-0.05, 0) is 25.5 Å². The minimum Gasteiger partial charge on any atom is -0.348 e. The van der Waals surface area contributed by atoms with E-state index in [2.05, 4.69) is 20.5 Å². The second-order valence-corrected chi connectivity index (χ2v) is 3.95. The Morgan fingerprint density at radius 1 is 1.35 bits per heavy atom. The van der Waals surface area contributed by atoms with E-state index in [-0.39, 0.29) is 5.91 Å². The van der Waals surface area contributed by atoms with Crippen molar-refractivity contribution in [2.45, 2.75) is 20.4 Å². The minimum absolute atomic E-state index is 0.123. The van der Waals surface area contributed by atoms with E-state index >= 15 is 0 Å². The summed E-state index contributed by atoms with van der Waals surface area (Å²) in [6, 6.07) is 1.81. The van der Waals surface area contributed by atoms with Gasteiger partial charge in [0.05, 0.1) is 11.8 Å². The van der Waals surface area contributed by atoms with Crippen LogP contribution < -0.4 is 5.32 Å². The zero-order chi connectivity index (χ0) is 12.3. The fourth-order valence-electron chi connectivity index (χ4n) is 1.51. The first-order valence-corrected chi connectivity index (χ1v) is 5.35. The highest BCUT2D eigenvalue weighted by molar-refractivity contribution is 5.93. The van der Waals surface area contributed by atoms with Crippen LogP contribution in [0.3, 0.4) is 0 Å². The number of aromatic amines is 1. The number of nitrogens with one attached hydrogen (secondary N) is 2. The second kappa shape index (κ2) is 4.78. The molecule has 2 aromatic heterocycles. The van der Waals surface area contributed by atoms with Crippen molar-refractivity contribution in [1.82, 2.24) is 20.5 Å². The van der Waals surface area contributed by atoms with E-state index in [4.69, 9.17) is 0 Å². The molecule has 0 unspecified atom stereocenters. The van der Waals surface area contributed by atoms with Gasteiger partial charge in [-0.3, -0.25) is 14.9 Å². The largest absolute Gasteiger partial charge is 0.348 e. The Balaban J connectivity index is 2.01. The van der Waals surface area contributed by atoms with Crippen LogP contribution in [-0.4, -0.2) is 21.1 Å². The van der Waals surface area contributed by atoms with Crippen molar-refractivity contribution in [1.29, 1.82) is 0 Å². The Hall–Kier alpha value is -2.17. The first-order chi connectivity index (χ1) is 8.16. The number of aromatic nitrogens is 3. The monoisotopic (exact) mass is 230 g/mol. The lowest BCUT2D eigenvalue weighted by atomic mass is 10.2. The van der Waals surface area contributed by atoms with Crippen LogP contribution >= 0.6 is 0 Å². The van der Waals surface area contributed by atoms with E-state index in [0.29, 0.717) is 12.1 Å². The number of aryl methyl sites for hydroxylation is 2. The third-order valence-corrected chi connectivity index (χ3v) is 2.51. The number of H-pyrrole nitrogens is 1. The number of hydrogen-bond donors (Lipinski definition) is 2. The molecule has 0 fully saturated rings. The quantitative estimate of drug-likeness (QED) is 0.836. The summed E-state index contributed by atoms with van der Waals surface area (Å²) in [5.74, 6) is -0.123. The van der Waals surface area contributed by atoms with Crippen molar-refractivity contribution in [3.8, 4) is 0 Å². The van der Waals surface area contributed by atoms with E-state index < -0.39 is 0 Å². The zero-order valence-corrected chi connectivity index (χ0v) is 9.82. The molecule has 2 rings (SSSR count). The van der Waals surface area contributed by atoms with Gasteiger partial charge in [0, 0.05) is 30.2 Å². The maximum Gasteiger partial charge on any atom is 0.253 e. The number of amides is 1. The molecule has 5 heteroatoms. The van der Waals surface area contributed by atoms with Crippen molar-refractivity contribution >= 4 is 5.91 Å². The normalized spacial score (nSPS) is 10.2. The lowest BCUT2D eigenvalue weighted by Gasteiger charge is -2.04. The van der Waals surface area contributed by atoms with Gasteiger partial charge in [0.2, 0.25) is 0 Å². The van der Waals surface area contributed by atoms with E-state index in [1.54, 1.807) is 18.6 Å². The summed E-state index contributed by atoms with van der Waals surface area (Å²) in [6.07, 6.45) is 4.99. The predicted molar refractivity (Wildman–Crippen MR) is 63.5 cm³/mol. The molecule has 0 aromatic carbocycles. The summed E-state index contributed by atoms with van der Waals surface area (Å²) < 4.78 is 0. The highest BCUT2D eigenvalue weighted by Crippen LogP contribution is 2.04. The summed E-state index contributed by atoms with van der Waals surface area (Å²) in [6.45, 7) is 4.29. The number of nitrogens with zero attached hydrogens (tertiary/aromatic N) is 2. The fraction of sp³-hybridized carbons (Fsp3) is 0.250. The lowest BCUT2D eigenvalue weighted by Crippen LogP contribution is -2.23. The van der Waals surface area contributed by atoms with Crippen molar-refractivity contribution in [2.75, 3.05) is 0 Å². The van der Waals surface area contributed by atoms with Gasteiger partial charge in [-0.15, -0.1) is 0 Å². The number of pyridine rings is 1. The number of hydrogen-bond acceptors (Lipinski definition) is 3. The Kier molecular flexibility index (Phi) is 3.18. The van der Waals surface area contributed by atoms with Crippen LogP contribution in [0, 0.1) is 13.8 Å². The lowest BCUT2D eigenvalue weighted by molar-refractivity contribution is 0.0950. The smallest absolute Gasteiger partial charge is 0.253 e. The molecule has 2 heterocycles. The predicted octanol–water partition coefficient (Wildman–Crippen LogP) is 1.35. The summed E-state index contributed by atoms with van der Waals surface area (Å²) >= 11 is 0. The first kappa shape index (κ1) is 11.3. The van der Waals surface area contributed by atoms with Crippen molar-refractivity contribution in [3.63, 3.8) is 0 Å². The van der Waals surface area contributed by atoms with Crippen molar-refractivity contribution in [2.24, 2.45) is 0 Å². The van der Waals surface area contributed by atoms with Crippen LogP contribution in [0.4, 0.5) is 0 Å². The molecule has 88 valence electrons. The average Bonchev–Trinajstić information content (AvgIpc) is 2.72. The molecular weight excluding hydrogens is 216 g/mol. The standard InChI is InChI=1S/C12H14N4O/c1-8-3-10(5-13-4-8)12(17)14-6-11-7-15-16-9(11)2/h3-5,7H,6H2,1-2H3,(H,14,17)(H,15,16). The molecule has 0 saturated carbocycles. The molecule has 0 aliphatic rings. The first-order valence-electron chi connectivity index (χ1n) is 5.35. The van der Waals surface area contributed by atoms with Gasteiger partial charge in [-0.2, -0.15) is 5.10 Å². The summed E-state index contributed by atoms with van der Waals surface area (Å²) in [5, 5.41) is 9.56. The fourth-order valence-corrected chi connectivity index (χ4v) is 1.51. The molecule has 0 spiro atoms. The van der Waals surface area contributed by atoms with Gasteiger partial charge in [0.25, 0.3) is 5.91 Å². The summed E-state index contributed by atoms with van der Waals surface area (Å²) in [7, 11) is 0. The average molecular weight is 230 g/mol. The van der Waals surface area contributed by atoms with Crippen LogP contribution in [-0.2, 0) is 6.54 Å². The molecule has 0 aliphatic heterocycles. The van der Waals surface area contributed by atoms with Crippen molar-refractivity contribution < 1.29 is 4.79 Å². The van der Waals surface area contributed by atoms with Crippen LogP contribution in [0.2, 0.25) is 0 Å². The molecule has 2 aromatic rings. The summed E-state index contributed by atoms with van der Waals surface area (Å²) in [5.41, 5.74) is 3.50. The third-order valence-electron chi connectivity index (χ3n) is 2.51. The highest BCUT2D eigenvalue weighted by Gasteiger charge is 2.07. The van der Waals surface area contributed by atoms with E-state index in [9.17, 15) is 4.79 Å². The van der Waals surface area contributed by atoms with Crippen LogP contribution in [0.25, 0.3) is 0 Å². The van der Waals surface area contributed by atoms with E-state index in [0.717, 1.165) is 16.8 Å². The highest BCUT2D eigenvalue weighted by atomic mass is 16.1. The maximum absolute atomic E-state index is 11.8. The molecule has 0 radical (unpaired) electrons. The number of carbonyl (C=O) groups is 1. The molecular formula is C12H14N4O. The van der Waals surface area contributed by atoms with Crippen LogP contribution in [0.1, 0.15) is 27.2 Å². The molecule has 1 amide bonds. The van der Waals surface area contributed by atoms with E-state index in [1.165, 1.54) is 0 Å². The summed E-state index contributed by atoms with van der Waals surface area (Å²) in [4.78, 5) is 15.8. The molecule has 17 heavy (non-hydrogen) atoms. The van der Waals surface area contributed by atoms with Crippen molar-refractivity contribution in [3.05, 3.63) is 47.0 Å². The Morgan fingerprint density at radius 3 is 2.82 bits per heavy atom. The minimum atomic E-state index is -0.123. The zero-order valence-electron chi connectivity index (χ0n) is 9.82. The van der Waals surface area contributed by atoms with Gasteiger partial charge >= 0.3 is 0 Å². The van der Waals surface area contributed by atoms with Gasteiger partial charge in [-0.25, -0.2) is 0 Å². The van der Waals surface area contributed by atoms with Gasteiger partial charge < -0.3 is 5.32 Å². The third kappa shape index (κ3) is 2.69. The molecule has 0 bridgehead atoms. The van der Waals surface area contributed by atoms with Gasteiger partial charge in [0.1, 0.15) is 0 Å². The molecule has 0 aliphatic carbocycles. The number of carbonyl (C=O) groups excluding carboxylic acids is 1. The van der Waals surface area contributed by atoms with Gasteiger partial charge in [-0.1, -0.05) is 0 Å². The van der Waals surface area contributed by atoms with Gasteiger partial charge in [0.15, 0.2) is 0 Å². The van der Waals surface area contributed by atoms with E-state index in [1.807, 2.05) is 19.9 Å². The van der Waals surface area contributed by atoms with Crippen LogP contribution in [0.5, 0.6) is 0 Å².